The van der Waals surface area contributed by atoms with E-state index in [0.29, 0.717) is 30.2 Å². The normalized spacial score (nSPS) is 20.7. The molecule has 1 amide bonds. The molecule has 3 rings (SSSR count). The molecule has 0 saturated carbocycles. The van der Waals surface area contributed by atoms with E-state index in [1.54, 1.807) is 4.57 Å². The first kappa shape index (κ1) is 19.4. The van der Waals surface area contributed by atoms with E-state index in [1.807, 2.05) is 39.5 Å². The van der Waals surface area contributed by atoms with Crippen LogP contribution in [0.15, 0.2) is 9.95 Å². The van der Waals surface area contributed by atoms with Crippen molar-refractivity contribution < 1.29 is 9.53 Å². The Labute approximate surface area is 161 Å². The lowest BCUT2D eigenvalue weighted by Gasteiger charge is -2.35. The maximum Gasteiger partial charge on any atom is 0.263 e. The van der Waals surface area contributed by atoms with Gasteiger partial charge < -0.3 is 9.64 Å². The number of aromatic nitrogens is 2. The van der Waals surface area contributed by atoms with Gasteiger partial charge in [-0.15, -0.1) is 11.3 Å². The average Bonchev–Trinajstić information content (AvgIpc) is 2.86. The second-order valence-corrected chi connectivity index (χ2v) is 8.90. The molecule has 6 nitrogen and oxygen atoms in total. The number of hydrogen-bond donors (Lipinski definition) is 0. The van der Waals surface area contributed by atoms with E-state index in [4.69, 9.17) is 4.74 Å². The molecule has 1 saturated heterocycles. The Morgan fingerprint density at radius 3 is 2.58 bits per heavy atom. The van der Waals surface area contributed by atoms with Gasteiger partial charge in [0.25, 0.3) is 5.56 Å². The van der Waals surface area contributed by atoms with E-state index in [0.717, 1.165) is 15.3 Å². The summed E-state index contributed by atoms with van der Waals surface area (Å²) in [7, 11) is 0. The van der Waals surface area contributed by atoms with Gasteiger partial charge in [0.15, 0.2) is 5.16 Å². The third-order valence-corrected chi connectivity index (χ3v) is 6.73. The van der Waals surface area contributed by atoms with E-state index in [1.165, 1.54) is 23.1 Å². The van der Waals surface area contributed by atoms with Gasteiger partial charge in [-0.1, -0.05) is 11.8 Å². The van der Waals surface area contributed by atoms with E-state index in [9.17, 15) is 9.59 Å². The zero-order chi connectivity index (χ0) is 19.0. The molecule has 8 heteroatoms. The fourth-order valence-electron chi connectivity index (χ4n) is 3.30. The van der Waals surface area contributed by atoms with Crippen LogP contribution in [0.4, 0.5) is 0 Å². The van der Waals surface area contributed by atoms with Crippen molar-refractivity contribution in [3.05, 3.63) is 20.8 Å². The molecule has 2 aromatic heterocycles. The minimum absolute atomic E-state index is 0.0112. The maximum absolute atomic E-state index is 12.9. The largest absolute Gasteiger partial charge is 0.372 e. The molecule has 2 aromatic rings. The molecule has 3 heterocycles. The SMILES string of the molecule is CCn1c(SCC(=O)N2C[C@H](C)O[C@@H](C)C2)nc2sc(C)c(C)c2c1=O. The smallest absolute Gasteiger partial charge is 0.263 e. The monoisotopic (exact) mass is 395 g/mol. The summed E-state index contributed by atoms with van der Waals surface area (Å²) in [5.74, 6) is 0.341. The first-order valence-corrected chi connectivity index (χ1v) is 10.7. The fraction of sp³-hybridized carbons (Fsp3) is 0.611. The summed E-state index contributed by atoms with van der Waals surface area (Å²) in [6.45, 7) is 11.6. The number of rotatable bonds is 4. The van der Waals surface area contributed by atoms with Gasteiger partial charge in [-0.25, -0.2) is 4.98 Å². The summed E-state index contributed by atoms with van der Waals surface area (Å²) < 4.78 is 7.36. The van der Waals surface area contributed by atoms with Crippen LogP contribution in [-0.2, 0) is 16.1 Å². The Morgan fingerprint density at radius 2 is 1.96 bits per heavy atom. The predicted octanol–water partition coefficient (Wildman–Crippen LogP) is 2.82. The van der Waals surface area contributed by atoms with Crippen molar-refractivity contribution >= 4 is 39.2 Å². The van der Waals surface area contributed by atoms with Gasteiger partial charge in [0.2, 0.25) is 5.91 Å². The van der Waals surface area contributed by atoms with Gasteiger partial charge in [0.1, 0.15) is 4.83 Å². The Bertz CT molecular complexity index is 880. The van der Waals surface area contributed by atoms with Crippen molar-refractivity contribution in [1.82, 2.24) is 14.5 Å². The van der Waals surface area contributed by atoms with Gasteiger partial charge in [-0.2, -0.15) is 0 Å². The summed E-state index contributed by atoms with van der Waals surface area (Å²) >= 11 is 2.89. The Hall–Kier alpha value is -1.38. The molecule has 142 valence electrons. The van der Waals surface area contributed by atoms with Crippen molar-refractivity contribution in [3.8, 4) is 0 Å². The number of fused-ring (bicyclic) bond motifs is 1. The van der Waals surface area contributed by atoms with Crippen LogP contribution in [0.1, 0.15) is 31.2 Å². The van der Waals surface area contributed by atoms with Crippen LogP contribution in [0.2, 0.25) is 0 Å². The minimum Gasteiger partial charge on any atom is -0.372 e. The van der Waals surface area contributed by atoms with Crippen molar-refractivity contribution in [2.45, 2.75) is 58.5 Å². The molecular weight excluding hydrogens is 370 g/mol. The molecule has 0 N–H and O–H groups in total. The lowest BCUT2D eigenvalue weighted by Crippen LogP contribution is -2.48. The lowest BCUT2D eigenvalue weighted by atomic mass is 10.2. The minimum atomic E-state index is -0.0112. The predicted molar refractivity (Wildman–Crippen MR) is 106 cm³/mol. The van der Waals surface area contributed by atoms with Gasteiger partial charge in [0, 0.05) is 24.5 Å². The van der Waals surface area contributed by atoms with E-state index in [2.05, 4.69) is 4.98 Å². The summed E-state index contributed by atoms with van der Waals surface area (Å²) in [6, 6.07) is 0. The van der Waals surface area contributed by atoms with Gasteiger partial charge in [0.05, 0.1) is 23.3 Å². The average molecular weight is 396 g/mol. The van der Waals surface area contributed by atoms with Gasteiger partial charge >= 0.3 is 0 Å². The first-order chi connectivity index (χ1) is 12.3. The molecule has 0 radical (unpaired) electrons. The molecule has 1 aliphatic heterocycles. The number of morpholine rings is 1. The number of carbonyl (C=O) groups excluding carboxylic acids is 1. The van der Waals surface area contributed by atoms with Crippen LogP contribution in [0.25, 0.3) is 10.2 Å². The molecule has 1 fully saturated rings. The highest BCUT2D eigenvalue weighted by Crippen LogP contribution is 2.28. The van der Waals surface area contributed by atoms with Crippen LogP contribution < -0.4 is 5.56 Å². The molecule has 0 bridgehead atoms. The molecule has 0 aromatic carbocycles. The second kappa shape index (κ2) is 7.70. The van der Waals surface area contributed by atoms with Crippen molar-refractivity contribution in [2.24, 2.45) is 0 Å². The summed E-state index contributed by atoms with van der Waals surface area (Å²) in [4.78, 5) is 33.9. The summed E-state index contributed by atoms with van der Waals surface area (Å²) in [6.07, 6.45) is 0.0983. The summed E-state index contributed by atoms with van der Waals surface area (Å²) in [5, 5.41) is 1.33. The summed E-state index contributed by atoms with van der Waals surface area (Å²) in [5.41, 5.74) is 0.997. The van der Waals surface area contributed by atoms with Crippen molar-refractivity contribution in [3.63, 3.8) is 0 Å². The third kappa shape index (κ3) is 3.68. The third-order valence-electron chi connectivity index (χ3n) is 4.67. The van der Waals surface area contributed by atoms with Crippen LogP contribution in [-0.4, -0.2) is 51.4 Å². The second-order valence-electron chi connectivity index (χ2n) is 6.75. The molecule has 1 aliphatic rings. The number of amides is 1. The Kier molecular flexibility index (Phi) is 5.74. The maximum atomic E-state index is 12.9. The zero-order valence-electron chi connectivity index (χ0n) is 15.9. The highest BCUT2D eigenvalue weighted by atomic mass is 32.2. The molecule has 0 spiro atoms. The van der Waals surface area contributed by atoms with Crippen LogP contribution >= 0.6 is 23.1 Å². The molecule has 2 atom stereocenters. The number of carbonyl (C=O) groups is 1. The number of thiophene rings is 1. The number of thioether (sulfide) groups is 1. The topological polar surface area (TPSA) is 64.4 Å². The number of aryl methyl sites for hydroxylation is 2. The highest BCUT2D eigenvalue weighted by molar-refractivity contribution is 7.99. The standard InChI is InChI=1S/C18H25N3O3S2/c1-6-21-17(23)15-12(4)13(5)26-16(15)19-18(21)25-9-14(22)20-7-10(2)24-11(3)8-20/h10-11H,6-9H2,1-5H3/t10-,11-/m0/s1. The van der Waals surface area contributed by atoms with Crippen molar-refractivity contribution in [2.75, 3.05) is 18.8 Å². The number of ether oxygens (including phenoxy) is 1. The van der Waals surface area contributed by atoms with Crippen molar-refractivity contribution in [1.29, 1.82) is 0 Å². The highest BCUT2D eigenvalue weighted by Gasteiger charge is 2.26. The van der Waals surface area contributed by atoms with Crippen LogP contribution in [0, 0.1) is 13.8 Å². The Morgan fingerprint density at radius 1 is 1.31 bits per heavy atom. The molecule has 0 aliphatic carbocycles. The lowest BCUT2D eigenvalue weighted by molar-refractivity contribution is -0.140. The van der Waals surface area contributed by atoms with Crippen LogP contribution in [0.3, 0.4) is 0 Å². The fourth-order valence-corrected chi connectivity index (χ4v) is 5.33. The molecular formula is C18H25N3O3S2. The Balaban J connectivity index is 1.82. The first-order valence-electron chi connectivity index (χ1n) is 8.88. The van der Waals surface area contributed by atoms with E-state index in [-0.39, 0.29) is 29.4 Å². The quantitative estimate of drug-likeness (QED) is 0.588. The van der Waals surface area contributed by atoms with Gasteiger partial charge in [-0.05, 0) is 40.2 Å². The molecule has 0 unspecified atom stereocenters. The van der Waals surface area contributed by atoms with E-state index < -0.39 is 0 Å². The zero-order valence-corrected chi connectivity index (χ0v) is 17.5. The van der Waals surface area contributed by atoms with Gasteiger partial charge in [-0.3, -0.25) is 14.2 Å². The van der Waals surface area contributed by atoms with Crippen LogP contribution in [0.5, 0.6) is 0 Å². The van der Waals surface area contributed by atoms with E-state index >= 15 is 0 Å². The number of hydrogen-bond acceptors (Lipinski definition) is 6. The molecule has 26 heavy (non-hydrogen) atoms. The number of nitrogens with zero attached hydrogens (tertiary/aromatic N) is 3.